The number of nitrogens with two attached hydrogens (primary N) is 6. The zero-order valence-corrected chi connectivity index (χ0v) is 35.2. The molecule has 0 spiro atoms. The minimum atomic E-state index is -2.02. The molecule has 0 heterocycles. The molecule has 0 aliphatic heterocycles. The number of halogens is 4. The monoisotopic (exact) mass is 708 g/mol. The minimum absolute atomic E-state index is 0. The van der Waals surface area contributed by atoms with Crippen LogP contribution in [0.3, 0.4) is 0 Å². The van der Waals surface area contributed by atoms with Gasteiger partial charge in [-0.25, -0.2) is 0 Å². The normalized spacial score (nSPS) is 16.1. The maximum atomic E-state index is 5.81. The summed E-state index contributed by atoms with van der Waals surface area (Å²) < 4.78 is 8.85. The van der Waals surface area contributed by atoms with Crippen molar-refractivity contribution in [3.05, 3.63) is 0 Å². The van der Waals surface area contributed by atoms with Gasteiger partial charge in [-0.15, -0.1) is 23.5 Å². The van der Waals surface area contributed by atoms with Gasteiger partial charge in [-0.2, -0.15) is 22.2 Å². The Balaban J connectivity index is -0.0000000741. The molecule has 34 heavy (non-hydrogen) atoms. The van der Waals surface area contributed by atoms with E-state index in [1.54, 1.807) is 0 Å². The van der Waals surface area contributed by atoms with Crippen LogP contribution in [0.25, 0.3) is 0 Å². The molecule has 0 aromatic carbocycles. The number of hydrogen-bond donors (Lipinski definition) is 11. The van der Waals surface area contributed by atoms with Gasteiger partial charge in [0.05, 0.1) is 0 Å². The summed E-state index contributed by atoms with van der Waals surface area (Å²) in [7, 11) is -2.81. The summed E-state index contributed by atoms with van der Waals surface area (Å²) in [6, 6.07) is 0. The molecule has 17 N–H and O–H groups in total. The van der Waals surface area contributed by atoms with Gasteiger partial charge in [-0.3, -0.25) is 4.98 Å². The summed E-state index contributed by atoms with van der Waals surface area (Å²) in [6.45, 7) is 16.3. The maximum Gasteiger partial charge on any atom is 0.328 e. The van der Waals surface area contributed by atoms with Crippen molar-refractivity contribution in [2.24, 2.45) is 27.0 Å². The molecule has 0 rings (SSSR count). The van der Waals surface area contributed by atoms with Crippen LogP contribution >= 0.6 is 45.6 Å². The van der Waals surface area contributed by atoms with Crippen molar-refractivity contribution in [2.75, 3.05) is 21.1 Å². The molecule has 23 heteroatoms. The van der Waals surface area contributed by atoms with Gasteiger partial charge in [0, 0.05) is 0 Å². The predicted octanol–water partition coefficient (Wildman–Crippen LogP) is -4.21. The van der Waals surface area contributed by atoms with E-state index in [0.29, 0.717) is 0 Å². The Morgan fingerprint density at radius 3 is 1.18 bits per heavy atom. The quantitative estimate of drug-likeness (QED) is 0.0822. The van der Waals surface area contributed by atoms with Crippen LogP contribution in [0.4, 0.5) is 0 Å². The fourth-order valence-electron chi connectivity index (χ4n) is 1.52. The second kappa shape index (κ2) is 33.5. The highest BCUT2D eigenvalue weighted by atomic mass is 35.7. The zero-order valence-electron chi connectivity index (χ0n) is 23.0. The molecule has 11 nitrogen and oxygen atoms in total. The number of hydrogen-bond acceptors (Lipinski definition) is 10. The van der Waals surface area contributed by atoms with E-state index < -0.39 is 69.8 Å². The first-order chi connectivity index (χ1) is 14.7. The summed E-state index contributed by atoms with van der Waals surface area (Å²) >= 11 is 16.2. The van der Waals surface area contributed by atoms with E-state index in [9.17, 15) is 0 Å². The largest absolute Gasteiger partial charge is 0.447 e. The van der Waals surface area contributed by atoms with Crippen LogP contribution < -0.4 is 55.9 Å². The highest BCUT2D eigenvalue weighted by Gasteiger charge is 2.20. The molecular formula is C11H58Cl4N11Si8+. The zero-order chi connectivity index (χ0) is 27.8. The molecule has 0 aromatic heterocycles. The Morgan fingerprint density at radius 2 is 1.09 bits per heavy atom. The second-order valence-corrected chi connectivity index (χ2v) is 33.1. The van der Waals surface area contributed by atoms with E-state index >= 15 is 0 Å². The molecule has 0 aromatic rings. The molecule has 0 aliphatic carbocycles. The van der Waals surface area contributed by atoms with Crippen LogP contribution in [-0.4, -0.2) is 91.0 Å². The second-order valence-electron chi connectivity index (χ2n) is 7.70. The molecule has 0 radical (unpaired) electrons. The Bertz CT molecular complexity index is 353. The van der Waals surface area contributed by atoms with Crippen molar-refractivity contribution in [2.45, 2.75) is 52.4 Å². The fourth-order valence-corrected chi connectivity index (χ4v) is 15.2. The van der Waals surface area contributed by atoms with E-state index in [2.05, 4.69) is 61.6 Å². The number of rotatable bonds is 9. The average molecular weight is 711 g/mol. The Hall–Kier alpha value is 2.46. The molecule has 0 aliphatic rings. The summed E-state index contributed by atoms with van der Waals surface area (Å²) in [6.07, 6.45) is 0. The van der Waals surface area contributed by atoms with Gasteiger partial charge < -0.3 is 50.9 Å². The first-order valence-corrected chi connectivity index (χ1v) is 33.6. The van der Waals surface area contributed by atoms with Gasteiger partial charge in [-0.1, -0.05) is 0 Å². The van der Waals surface area contributed by atoms with E-state index in [1.807, 2.05) is 40.8 Å². The van der Waals surface area contributed by atoms with Crippen molar-refractivity contribution in [3.63, 3.8) is 0 Å². The molecule has 0 fully saturated rings. The maximum absolute atomic E-state index is 5.81. The lowest BCUT2D eigenvalue weighted by Crippen LogP contribution is -3.03. The molecule has 0 amide bonds. The highest BCUT2D eigenvalue weighted by Crippen LogP contribution is 1.92. The van der Waals surface area contributed by atoms with E-state index in [1.165, 1.54) is 0 Å². The number of quaternary nitrogens is 1. The minimum Gasteiger partial charge on any atom is -0.447 e. The van der Waals surface area contributed by atoms with Crippen molar-refractivity contribution in [1.29, 1.82) is 0 Å². The van der Waals surface area contributed by atoms with Gasteiger partial charge >= 0.3 is 18.2 Å². The lowest BCUT2D eigenvalue weighted by atomic mass is 11.6. The summed E-state index contributed by atoms with van der Waals surface area (Å²) in [5.74, 6) is 0. The fraction of sp³-hybridized carbons (Fsp3) is 1.00. The van der Waals surface area contributed by atoms with Crippen LogP contribution in [0.5, 0.6) is 0 Å². The summed E-state index contributed by atoms with van der Waals surface area (Å²) in [5.41, 5.74) is 0. The number of nitrogens with one attached hydrogen (secondary N) is 5. The topological polar surface area (TPSA) is 207 Å². The van der Waals surface area contributed by atoms with Gasteiger partial charge in [-0.05, 0) is 73.5 Å². The third-order valence-corrected chi connectivity index (χ3v) is 19.4. The molecule has 0 bridgehead atoms. The van der Waals surface area contributed by atoms with Crippen LogP contribution in [-0.2, 0) is 0 Å². The van der Waals surface area contributed by atoms with Crippen molar-refractivity contribution >= 4 is 115 Å². The molecular weight excluding hydrogens is 653 g/mol. The SMILES string of the molecule is CN[SiH](C)N[SiH](C)N.CN[SiH](C)N[Si](C)(N)Cl.CN[SiH](C)[NH2+][SiH](C)N.C[SiH](Cl)Cl.C[SiH](N)N.Cl. The van der Waals surface area contributed by atoms with Gasteiger partial charge in [0.25, 0.3) is 7.71 Å². The smallest absolute Gasteiger partial charge is 0.328 e. The first kappa shape index (κ1) is 49.4. The van der Waals surface area contributed by atoms with Crippen LogP contribution in [0.15, 0.2) is 0 Å². The highest BCUT2D eigenvalue weighted by molar-refractivity contribution is 7.33. The summed E-state index contributed by atoms with van der Waals surface area (Å²) in [5, 5.41) is 26.9. The molecule has 6 atom stereocenters. The van der Waals surface area contributed by atoms with Crippen LogP contribution in [0.1, 0.15) is 0 Å². The average Bonchev–Trinajstić information content (AvgIpc) is 2.59. The molecule has 216 valence electrons. The van der Waals surface area contributed by atoms with Crippen molar-refractivity contribution in [1.82, 2.24) is 24.2 Å². The third kappa shape index (κ3) is 83.8. The standard InChI is InChI=1S/C3H14ClN3Si2.C3H16N3Si2.C3H15N3Si2.CH4Cl2Si.CH8N2Si.ClH/c1-6-8(2)7-9(3,4)5;2*1-5-8(3)6-7(2)4;2*1-4(2)3;/h6-8H,5H2,1-3H3;5,7-8H,4,6H2,1-3H3;5-8H,4H2,1-3H3;4H,1H3;4H,2-3H2,1H3;1H/q;+1;;;;. The molecule has 0 saturated carbocycles. The lowest BCUT2D eigenvalue weighted by Gasteiger charge is -2.18. The lowest BCUT2D eigenvalue weighted by molar-refractivity contribution is -0.371. The van der Waals surface area contributed by atoms with Crippen molar-refractivity contribution < 1.29 is 4.65 Å². The van der Waals surface area contributed by atoms with E-state index in [-0.39, 0.29) is 12.4 Å². The van der Waals surface area contributed by atoms with E-state index in [0.717, 1.165) is 0 Å². The van der Waals surface area contributed by atoms with Gasteiger partial charge in [0.1, 0.15) is 0 Å². The Kier molecular flexibility index (Phi) is 48.7. The van der Waals surface area contributed by atoms with Crippen LogP contribution in [0.2, 0.25) is 52.4 Å². The molecule has 6 unspecified atom stereocenters. The predicted molar refractivity (Wildman–Crippen MR) is 184 cm³/mol. The Morgan fingerprint density at radius 1 is 0.765 bits per heavy atom. The summed E-state index contributed by atoms with van der Waals surface area (Å²) in [4.78, 5) is 9.53. The van der Waals surface area contributed by atoms with Gasteiger partial charge in [0.15, 0.2) is 36.5 Å². The van der Waals surface area contributed by atoms with Crippen molar-refractivity contribution in [3.8, 4) is 0 Å². The van der Waals surface area contributed by atoms with E-state index in [4.69, 9.17) is 60.2 Å². The Labute approximate surface area is 243 Å². The molecule has 0 saturated heterocycles. The third-order valence-electron chi connectivity index (χ3n) is 2.93. The van der Waals surface area contributed by atoms with Gasteiger partial charge in [0.2, 0.25) is 7.42 Å². The van der Waals surface area contributed by atoms with Crippen LogP contribution in [0, 0.1) is 0 Å². The first-order valence-electron chi connectivity index (χ1n) is 10.9.